The van der Waals surface area contributed by atoms with E-state index in [0.717, 1.165) is 25.7 Å². The van der Waals surface area contributed by atoms with E-state index in [9.17, 15) is 9.90 Å². The maximum absolute atomic E-state index is 12.3. The second-order valence-electron chi connectivity index (χ2n) is 6.58. The molecule has 1 rings (SSSR count). The lowest BCUT2D eigenvalue weighted by Crippen LogP contribution is -2.39. The molecule has 4 heteroatoms. The van der Waals surface area contributed by atoms with Crippen LogP contribution in [0.2, 0.25) is 0 Å². The van der Waals surface area contributed by atoms with Gasteiger partial charge in [0.1, 0.15) is 17.3 Å². The van der Waals surface area contributed by atoms with E-state index in [2.05, 4.69) is 20.4 Å². The standard InChI is InChI=1S/C17H30O4/c1-6-20-16(19)17(5,11-12(2)3)13(4)21-15-10-8-7-9-14(15)18/h12,14-15,18H,4,6-11H2,1-3,5H3/t14-,15-,17-/m0/s1. The maximum Gasteiger partial charge on any atom is 0.319 e. The van der Waals surface area contributed by atoms with Gasteiger partial charge < -0.3 is 14.6 Å². The fraction of sp³-hybridized carbons (Fsp3) is 0.824. The Morgan fingerprint density at radius 3 is 2.52 bits per heavy atom. The molecule has 1 fully saturated rings. The maximum atomic E-state index is 12.3. The van der Waals surface area contributed by atoms with Gasteiger partial charge in [-0.15, -0.1) is 0 Å². The fourth-order valence-electron chi connectivity index (χ4n) is 2.95. The molecule has 0 unspecified atom stereocenters. The van der Waals surface area contributed by atoms with E-state index >= 15 is 0 Å². The van der Waals surface area contributed by atoms with Gasteiger partial charge in [0.05, 0.1) is 12.7 Å². The SMILES string of the molecule is C=C(O[C@H]1CCCC[C@@H]1O)[C@](C)(CC(C)C)C(=O)OCC. The van der Waals surface area contributed by atoms with Crippen molar-refractivity contribution < 1.29 is 19.4 Å². The van der Waals surface area contributed by atoms with Crippen LogP contribution in [0.4, 0.5) is 0 Å². The monoisotopic (exact) mass is 298 g/mol. The van der Waals surface area contributed by atoms with Crippen LogP contribution in [0, 0.1) is 11.3 Å². The molecule has 0 aliphatic heterocycles. The number of hydrogen-bond donors (Lipinski definition) is 1. The topological polar surface area (TPSA) is 55.8 Å². The molecule has 1 N–H and O–H groups in total. The third-order valence-electron chi connectivity index (χ3n) is 4.12. The number of carbonyl (C=O) groups is 1. The summed E-state index contributed by atoms with van der Waals surface area (Å²) < 4.78 is 11.1. The summed E-state index contributed by atoms with van der Waals surface area (Å²) in [6.07, 6.45) is 3.50. The van der Waals surface area contributed by atoms with Crippen LogP contribution in [0.15, 0.2) is 12.3 Å². The van der Waals surface area contributed by atoms with Crippen molar-refractivity contribution in [2.75, 3.05) is 6.61 Å². The Hall–Kier alpha value is -1.03. The Bertz CT molecular complexity index is 364. The smallest absolute Gasteiger partial charge is 0.319 e. The molecule has 0 aromatic heterocycles. The van der Waals surface area contributed by atoms with Gasteiger partial charge in [-0.25, -0.2) is 0 Å². The lowest BCUT2D eigenvalue weighted by atomic mass is 9.80. The third kappa shape index (κ3) is 4.73. The Labute approximate surface area is 128 Å². The molecule has 0 amide bonds. The van der Waals surface area contributed by atoms with Crippen LogP contribution >= 0.6 is 0 Å². The number of ether oxygens (including phenoxy) is 2. The Morgan fingerprint density at radius 1 is 1.38 bits per heavy atom. The highest BCUT2D eigenvalue weighted by atomic mass is 16.5. The summed E-state index contributed by atoms with van der Waals surface area (Å²) >= 11 is 0. The van der Waals surface area contributed by atoms with Crippen molar-refractivity contribution in [3.05, 3.63) is 12.3 Å². The molecule has 0 bridgehead atoms. The summed E-state index contributed by atoms with van der Waals surface area (Å²) in [4.78, 5) is 12.3. The highest BCUT2D eigenvalue weighted by Crippen LogP contribution is 2.37. The highest BCUT2D eigenvalue weighted by molar-refractivity contribution is 5.79. The minimum atomic E-state index is -0.860. The van der Waals surface area contributed by atoms with Crippen molar-refractivity contribution in [3.63, 3.8) is 0 Å². The van der Waals surface area contributed by atoms with Crippen molar-refractivity contribution in [2.24, 2.45) is 11.3 Å². The second kappa shape index (κ2) is 7.83. The lowest BCUT2D eigenvalue weighted by Gasteiger charge is -2.35. The molecule has 0 radical (unpaired) electrons. The van der Waals surface area contributed by atoms with Crippen LogP contribution < -0.4 is 0 Å². The van der Waals surface area contributed by atoms with Crippen LogP contribution in [-0.2, 0) is 14.3 Å². The van der Waals surface area contributed by atoms with Gasteiger partial charge in [-0.1, -0.05) is 26.8 Å². The second-order valence-corrected chi connectivity index (χ2v) is 6.58. The number of aliphatic hydroxyl groups is 1. The molecule has 3 atom stereocenters. The first kappa shape index (κ1) is 18.0. The largest absolute Gasteiger partial charge is 0.491 e. The molecular formula is C17H30O4. The van der Waals surface area contributed by atoms with Crippen molar-refractivity contribution >= 4 is 5.97 Å². The molecule has 4 nitrogen and oxygen atoms in total. The molecule has 0 aromatic rings. The normalized spacial score (nSPS) is 25.2. The number of rotatable bonds is 7. The summed E-state index contributed by atoms with van der Waals surface area (Å²) in [6, 6.07) is 0. The van der Waals surface area contributed by atoms with Crippen molar-refractivity contribution in [2.45, 2.75) is 72.0 Å². The average Bonchev–Trinajstić information content (AvgIpc) is 2.40. The number of esters is 1. The predicted octanol–water partition coefficient (Wildman–Crippen LogP) is 3.44. The van der Waals surface area contributed by atoms with Crippen LogP contribution in [0.1, 0.15) is 59.8 Å². The zero-order chi connectivity index (χ0) is 16.0. The average molecular weight is 298 g/mol. The minimum Gasteiger partial charge on any atom is -0.491 e. The van der Waals surface area contributed by atoms with E-state index in [1.807, 2.05) is 6.92 Å². The van der Waals surface area contributed by atoms with Gasteiger partial charge in [0.25, 0.3) is 0 Å². The zero-order valence-corrected chi connectivity index (χ0v) is 13.9. The molecule has 0 saturated heterocycles. The first-order valence-corrected chi connectivity index (χ1v) is 8.02. The van der Waals surface area contributed by atoms with Gasteiger partial charge >= 0.3 is 5.97 Å². The van der Waals surface area contributed by atoms with E-state index in [1.165, 1.54) is 0 Å². The van der Waals surface area contributed by atoms with Gasteiger partial charge in [0, 0.05) is 0 Å². The van der Waals surface area contributed by atoms with Crippen LogP contribution in [0.5, 0.6) is 0 Å². The predicted molar refractivity (Wildman–Crippen MR) is 82.7 cm³/mol. The van der Waals surface area contributed by atoms with Crippen molar-refractivity contribution in [1.82, 2.24) is 0 Å². The Balaban J connectivity index is 2.81. The van der Waals surface area contributed by atoms with Gasteiger partial charge in [-0.2, -0.15) is 0 Å². The molecule has 1 saturated carbocycles. The summed E-state index contributed by atoms with van der Waals surface area (Å²) in [5, 5.41) is 10.0. The van der Waals surface area contributed by atoms with E-state index < -0.39 is 11.5 Å². The quantitative estimate of drug-likeness (QED) is 0.578. The first-order valence-electron chi connectivity index (χ1n) is 8.02. The van der Waals surface area contributed by atoms with E-state index in [0.29, 0.717) is 24.7 Å². The number of hydrogen-bond acceptors (Lipinski definition) is 4. The summed E-state index contributed by atoms with van der Waals surface area (Å²) in [5.74, 6) is 0.436. The molecule has 122 valence electrons. The van der Waals surface area contributed by atoms with Crippen molar-refractivity contribution in [1.29, 1.82) is 0 Å². The molecule has 1 aliphatic carbocycles. The first-order chi connectivity index (χ1) is 9.81. The minimum absolute atomic E-state index is 0.257. The molecule has 21 heavy (non-hydrogen) atoms. The third-order valence-corrected chi connectivity index (χ3v) is 4.12. The lowest BCUT2D eigenvalue weighted by molar-refractivity contribution is -0.157. The highest BCUT2D eigenvalue weighted by Gasteiger charge is 2.41. The molecule has 0 spiro atoms. The van der Waals surface area contributed by atoms with Gasteiger partial charge in [0.15, 0.2) is 0 Å². The number of carbonyl (C=O) groups excluding carboxylic acids is 1. The molecular weight excluding hydrogens is 268 g/mol. The number of aliphatic hydroxyl groups excluding tert-OH is 1. The van der Waals surface area contributed by atoms with E-state index in [-0.39, 0.29) is 12.1 Å². The fourth-order valence-corrected chi connectivity index (χ4v) is 2.95. The Morgan fingerprint density at radius 2 is 2.00 bits per heavy atom. The summed E-state index contributed by atoms with van der Waals surface area (Å²) in [6.45, 7) is 12.0. The zero-order valence-electron chi connectivity index (χ0n) is 13.9. The van der Waals surface area contributed by atoms with Crippen LogP contribution in [-0.4, -0.2) is 29.9 Å². The Kier molecular flexibility index (Phi) is 6.72. The summed E-state index contributed by atoms with van der Waals surface area (Å²) in [7, 11) is 0. The van der Waals surface area contributed by atoms with Gasteiger partial charge in [-0.3, -0.25) is 4.79 Å². The molecule has 0 heterocycles. The molecule has 1 aliphatic rings. The van der Waals surface area contributed by atoms with Gasteiger partial charge in [-0.05, 0) is 45.4 Å². The van der Waals surface area contributed by atoms with E-state index in [1.54, 1.807) is 6.92 Å². The van der Waals surface area contributed by atoms with Crippen LogP contribution in [0.3, 0.4) is 0 Å². The van der Waals surface area contributed by atoms with Crippen LogP contribution in [0.25, 0.3) is 0 Å². The van der Waals surface area contributed by atoms with Gasteiger partial charge in [0.2, 0.25) is 0 Å². The van der Waals surface area contributed by atoms with Crippen molar-refractivity contribution in [3.8, 4) is 0 Å². The summed E-state index contributed by atoms with van der Waals surface area (Å²) in [5.41, 5.74) is -0.860. The van der Waals surface area contributed by atoms with E-state index in [4.69, 9.17) is 9.47 Å². The molecule has 0 aromatic carbocycles.